The van der Waals surface area contributed by atoms with Gasteiger partial charge in [-0.25, -0.2) is 0 Å². The summed E-state index contributed by atoms with van der Waals surface area (Å²) in [4.78, 5) is 12.3. The van der Waals surface area contributed by atoms with Gasteiger partial charge in [-0.1, -0.05) is 24.3 Å². The van der Waals surface area contributed by atoms with E-state index in [1.54, 1.807) is 0 Å². The second-order valence-electron chi connectivity index (χ2n) is 6.10. The molecule has 0 bridgehead atoms. The van der Waals surface area contributed by atoms with Crippen molar-refractivity contribution in [2.45, 2.75) is 13.1 Å². The molecule has 4 aromatic rings. The number of nitrogens with zero attached hydrogens (tertiary/aromatic N) is 3. The summed E-state index contributed by atoms with van der Waals surface area (Å²) in [5.74, 6) is 0.541. The summed E-state index contributed by atoms with van der Waals surface area (Å²) >= 11 is 0. The van der Waals surface area contributed by atoms with E-state index in [0.717, 1.165) is 23.1 Å². The third-order valence-electron chi connectivity index (χ3n) is 4.15. The molecule has 0 saturated heterocycles. The van der Waals surface area contributed by atoms with Crippen molar-refractivity contribution in [2.75, 3.05) is 11.1 Å². The number of benzene rings is 2. The van der Waals surface area contributed by atoms with Crippen LogP contribution in [0, 0.1) is 6.92 Å². The molecule has 0 aliphatic rings. The van der Waals surface area contributed by atoms with Gasteiger partial charge in [0, 0.05) is 16.6 Å². The molecule has 0 saturated carbocycles. The van der Waals surface area contributed by atoms with Gasteiger partial charge >= 0.3 is 6.18 Å². The second-order valence-corrected chi connectivity index (χ2v) is 6.10. The lowest BCUT2D eigenvalue weighted by molar-refractivity contribution is -0.137. The number of alkyl halides is 3. The predicted molar refractivity (Wildman–Crippen MR) is 98.9 cm³/mol. The normalized spacial score (nSPS) is 11.7. The number of rotatable bonds is 3. The number of nitrogens with one attached hydrogen (secondary N) is 1. The van der Waals surface area contributed by atoms with Crippen molar-refractivity contribution in [1.82, 2.24) is 15.0 Å². The zero-order valence-electron chi connectivity index (χ0n) is 14.6. The number of aryl methyl sites for hydroxylation is 1. The zero-order valence-corrected chi connectivity index (χ0v) is 14.6. The summed E-state index contributed by atoms with van der Waals surface area (Å²) in [6.45, 7) is 1.86. The van der Waals surface area contributed by atoms with Gasteiger partial charge in [0.2, 0.25) is 17.7 Å². The number of hydrogen-bond acceptors (Lipinski definition) is 6. The number of nitrogen functional groups attached to an aromatic ring is 1. The van der Waals surface area contributed by atoms with Crippen LogP contribution < -0.4 is 11.1 Å². The maximum Gasteiger partial charge on any atom is 0.416 e. The minimum absolute atomic E-state index is 0.0154. The van der Waals surface area contributed by atoms with Gasteiger partial charge in [0.25, 0.3) is 0 Å². The van der Waals surface area contributed by atoms with Crippen molar-refractivity contribution in [3.63, 3.8) is 0 Å². The number of anilines is 3. The van der Waals surface area contributed by atoms with Crippen LogP contribution >= 0.6 is 0 Å². The van der Waals surface area contributed by atoms with Gasteiger partial charge in [-0.2, -0.15) is 28.1 Å². The van der Waals surface area contributed by atoms with Crippen molar-refractivity contribution >= 4 is 28.6 Å². The third-order valence-corrected chi connectivity index (χ3v) is 4.15. The van der Waals surface area contributed by atoms with E-state index in [1.165, 1.54) is 12.1 Å². The topological polar surface area (TPSA) is 89.9 Å². The Labute approximate surface area is 157 Å². The molecule has 6 nitrogen and oxygen atoms in total. The fourth-order valence-corrected chi connectivity index (χ4v) is 2.84. The highest BCUT2D eigenvalue weighted by Crippen LogP contribution is 2.33. The highest BCUT2D eigenvalue weighted by molar-refractivity contribution is 5.86. The molecular formula is C19H14F3N5O. The molecule has 2 aromatic carbocycles. The first-order valence-electron chi connectivity index (χ1n) is 8.25. The third kappa shape index (κ3) is 3.34. The maximum atomic E-state index is 12.9. The lowest BCUT2D eigenvalue weighted by atomic mass is 10.1. The predicted octanol–water partition coefficient (Wildman–Crippen LogP) is 4.94. The molecule has 3 N–H and O–H groups in total. The maximum absolute atomic E-state index is 12.9. The first-order chi connectivity index (χ1) is 13.3. The number of furan rings is 1. The number of nitrogens with two attached hydrogens (primary N) is 1. The zero-order chi connectivity index (χ0) is 19.9. The monoisotopic (exact) mass is 385 g/mol. The van der Waals surface area contributed by atoms with E-state index in [-0.39, 0.29) is 23.4 Å². The van der Waals surface area contributed by atoms with Crippen LogP contribution in [0.2, 0.25) is 0 Å². The first-order valence-corrected chi connectivity index (χ1v) is 8.25. The average molecular weight is 385 g/mol. The summed E-state index contributed by atoms with van der Waals surface area (Å²) in [5, 5.41) is 3.64. The molecule has 0 radical (unpaired) electrons. The largest absolute Gasteiger partial charge is 0.452 e. The van der Waals surface area contributed by atoms with Crippen LogP contribution in [0.15, 0.2) is 52.9 Å². The van der Waals surface area contributed by atoms with Crippen LogP contribution in [0.3, 0.4) is 0 Å². The van der Waals surface area contributed by atoms with E-state index in [0.29, 0.717) is 11.3 Å². The quantitative estimate of drug-likeness (QED) is 0.519. The summed E-state index contributed by atoms with van der Waals surface area (Å²) in [6.07, 6.45) is -4.45. The SMILES string of the molecule is Cc1c(-c2nc(N)nc(Nc3cccc(C(F)(F)F)c3)n2)oc2ccccc12. The minimum Gasteiger partial charge on any atom is -0.452 e. The molecule has 0 amide bonds. The molecule has 0 fully saturated rings. The summed E-state index contributed by atoms with van der Waals surface area (Å²) in [6, 6.07) is 12.2. The lowest BCUT2D eigenvalue weighted by Gasteiger charge is -2.10. The van der Waals surface area contributed by atoms with Crippen molar-refractivity contribution in [1.29, 1.82) is 0 Å². The number of hydrogen-bond donors (Lipinski definition) is 2. The van der Waals surface area contributed by atoms with Gasteiger partial charge in [0.15, 0.2) is 5.76 Å². The lowest BCUT2D eigenvalue weighted by Crippen LogP contribution is -2.07. The van der Waals surface area contributed by atoms with E-state index < -0.39 is 11.7 Å². The van der Waals surface area contributed by atoms with Crippen molar-refractivity contribution in [3.05, 3.63) is 59.7 Å². The van der Waals surface area contributed by atoms with Gasteiger partial charge < -0.3 is 15.5 Å². The number of aromatic nitrogens is 3. The summed E-state index contributed by atoms with van der Waals surface area (Å²) < 4.78 is 44.5. The molecule has 142 valence electrons. The molecule has 2 heterocycles. The van der Waals surface area contributed by atoms with Gasteiger partial charge in [-0.3, -0.25) is 0 Å². The van der Waals surface area contributed by atoms with Crippen LogP contribution in [0.25, 0.3) is 22.6 Å². The Balaban J connectivity index is 1.73. The average Bonchev–Trinajstić information content (AvgIpc) is 2.98. The highest BCUT2D eigenvalue weighted by Gasteiger charge is 2.30. The molecule has 2 aromatic heterocycles. The Bertz CT molecular complexity index is 1170. The van der Waals surface area contributed by atoms with Crippen molar-refractivity contribution in [2.24, 2.45) is 0 Å². The molecule has 9 heteroatoms. The molecule has 28 heavy (non-hydrogen) atoms. The Morgan fingerprint density at radius 1 is 1.00 bits per heavy atom. The van der Waals surface area contributed by atoms with E-state index in [9.17, 15) is 13.2 Å². The Kier molecular flexibility index (Phi) is 4.14. The smallest absolute Gasteiger partial charge is 0.416 e. The second kappa shape index (κ2) is 6.52. The molecule has 0 atom stereocenters. The standard InChI is InChI=1S/C19H14F3N5O/c1-10-13-7-2-3-8-14(13)28-15(10)16-25-17(23)27-18(26-16)24-12-6-4-5-11(9-12)19(20,21)22/h2-9H,1H3,(H3,23,24,25,26,27). The van der Waals surface area contributed by atoms with Crippen LogP contribution in [-0.4, -0.2) is 15.0 Å². The molecule has 0 unspecified atom stereocenters. The van der Waals surface area contributed by atoms with Crippen LogP contribution in [-0.2, 0) is 6.18 Å². The molecule has 0 aliphatic heterocycles. The Morgan fingerprint density at radius 3 is 2.54 bits per heavy atom. The minimum atomic E-state index is -4.45. The van der Waals surface area contributed by atoms with E-state index in [2.05, 4.69) is 20.3 Å². The molecular weight excluding hydrogens is 371 g/mol. The number of fused-ring (bicyclic) bond motifs is 1. The van der Waals surface area contributed by atoms with Crippen molar-refractivity contribution < 1.29 is 17.6 Å². The van der Waals surface area contributed by atoms with Gasteiger partial charge in [0.1, 0.15) is 5.58 Å². The highest BCUT2D eigenvalue weighted by atomic mass is 19.4. The van der Waals surface area contributed by atoms with Crippen molar-refractivity contribution in [3.8, 4) is 11.6 Å². The van der Waals surface area contributed by atoms with Crippen LogP contribution in [0.1, 0.15) is 11.1 Å². The summed E-state index contributed by atoms with van der Waals surface area (Å²) in [7, 11) is 0. The summed E-state index contributed by atoms with van der Waals surface area (Å²) in [5.41, 5.74) is 6.65. The fraction of sp³-hybridized carbons (Fsp3) is 0.105. The van der Waals surface area contributed by atoms with E-state index >= 15 is 0 Å². The first kappa shape index (κ1) is 17.8. The van der Waals surface area contributed by atoms with Crippen LogP contribution in [0.4, 0.5) is 30.8 Å². The fourth-order valence-electron chi connectivity index (χ4n) is 2.84. The van der Waals surface area contributed by atoms with Crippen LogP contribution in [0.5, 0.6) is 0 Å². The molecule has 0 spiro atoms. The van der Waals surface area contributed by atoms with E-state index in [1.807, 2.05) is 31.2 Å². The Hall–Kier alpha value is -3.62. The van der Waals surface area contributed by atoms with E-state index in [4.69, 9.17) is 10.2 Å². The number of halogens is 3. The molecule has 0 aliphatic carbocycles. The van der Waals surface area contributed by atoms with Gasteiger partial charge in [-0.15, -0.1) is 0 Å². The molecule has 4 rings (SSSR count). The van der Waals surface area contributed by atoms with Gasteiger partial charge in [-0.05, 0) is 31.2 Å². The van der Waals surface area contributed by atoms with Gasteiger partial charge in [0.05, 0.1) is 5.56 Å². The number of para-hydroxylation sites is 1. The Morgan fingerprint density at radius 2 is 1.79 bits per heavy atom.